The van der Waals surface area contributed by atoms with Gasteiger partial charge in [-0.15, -0.1) is 11.3 Å². The lowest BCUT2D eigenvalue weighted by molar-refractivity contribution is -0.130. The van der Waals surface area contributed by atoms with E-state index >= 15 is 0 Å². The average molecular weight is 246 g/mol. The second-order valence-corrected chi connectivity index (χ2v) is 4.23. The van der Waals surface area contributed by atoms with E-state index in [9.17, 15) is 4.79 Å². The third-order valence-corrected chi connectivity index (χ3v) is 2.81. The topological polar surface area (TPSA) is 76.2 Å². The molecule has 0 aliphatic rings. The highest BCUT2D eigenvalue weighted by Gasteiger charge is 2.13. The summed E-state index contributed by atoms with van der Waals surface area (Å²) in [6, 6.07) is 9.23. The van der Waals surface area contributed by atoms with Crippen molar-refractivity contribution >= 4 is 34.1 Å². The molecule has 0 bridgehead atoms. The molecule has 0 saturated heterocycles. The fourth-order valence-electron chi connectivity index (χ4n) is 1.37. The molecular weight excluding hydrogens is 236 g/mol. The van der Waals surface area contributed by atoms with Gasteiger partial charge in [-0.1, -0.05) is 30.3 Å². The smallest absolute Gasteiger partial charge is 0.337 e. The van der Waals surface area contributed by atoms with Gasteiger partial charge in [0.15, 0.2) is 5.13 Å². The summed E-state index contributed by atoms with van der Waals surface area (Å²) in [6.07, 6.45) is 1.58. The quantitative estimate of drug-likeness (QED) is 0.815. The van der Waals surface area contributed by atoms with Crippen molar-refractivity contribution in [2.24, 2.45) is 0 Å². The molecule has 0 spiro atoms. The van der Waals surface area contributed by atoms with Crippen LogP contribution in [0.15, 0.2) is 35.7 Å². The van der Waals surface area contributed by atoms with Gasteiger partial charge in [0.25, 0.3) is 0 Å². The van der Waals surface area contributed by atoms with E-state index in [0.29, 0.717) is 10.8 Å². The molecule has 2 rings (SSSR count). The first-order chi connectivity index (χ1) is 8.16. The lowest BCUT2D eigenvalue weighted by Gasteiger charge is -1.98. The number of anilines is 1. The SMILES string of the molecule is Nc1nc(C(=Cc2ccccc2)C(=O)O)cs1. The summed E-state index contributed by atoms with van der Waals surface area (Å²) in [5.74, 6) is -1.01. The molecule has 0 radical (unpaired) electrons. The van der Waals surface area contributed by atoms with E-state index in [1.54, 1.807) is 11.5 Å². The molecule has 0 unspecified atom stereocenters. The number of thiazole rings is 1. The standard InChI is InChI=1S/C12H10N2O2S/c13-12-14-10(7-17-12)9(11(15)16)6-8-4-2-1-3-5-8/h1-7H,(H2,13,14)(H,15,16). The maximum Gasteiger partial charge on any atom is 0.337 e. The number of nitrogens with zero attached hydrogens (tertiary/aromatic N) is 1. The van der Waals surface area contributed by atoms with Crippen LogP contribution in [0.25, 0.3) is 11.6 Å². The van der Waals surface area contributed by atoms with E-state index in [1.807, 2.05) is 30.3 Å². The molecule has 1 heterocycles. The number of aromatic nitrogens is 1. The first-order valence-electron chi connectivity index (χ1n) is 4.88. The van der Waals surface area contributed by atoms with Crippen LogP contribution >= 0.6 is 11.3 Å². The molecule has 1 aromatic heterocycles. The molecule has 17 heavy (non-hydrogen) atoms. The third-order valence-electron chi connectivity index (χ3n) is 2.14. The second-order valence-electron chi connectivity index (χ2n) is 3.34. The number of aliphatic carboxylic acids is 1. The number of carboxylic acid groups (broad SMARTS) is 1. The number of carboxylic acids is 1. The van der Waals surface area contributed by atoms with Crippen molar-refractivity contribution in [2.75, 3.05) is 5.73 Å². The molecule has 0 fully saturated rings. The Morgan fingerprint density at radius 1 is 1.35 bits per heavy atom. The van der Waals surface area contributed by atoms with Gasteiger partial charge in [0, 0.05) is 5.38 Å². The van der Waals surface area contributed by atoms with Crippen LogP contribution in [0.2, 0.25) is 0 Å². The minimum absolute atomic E-state index is 0.143. The molecule has 0 aliphatic carbocycles. The molecule has 0 saturated carbocycles. The maximum atomic E-state index is 11.2. The van der Waals surface area contributed by atoms with Gasteiger partial charge in [-0.2, -0.15) is 0 Å². The molecule has 2 aromatic rings. The zero-order valence-corrected chi connectivity index (χ0v) is 9.65. The maximum absolute atomic E-state index is 11.2. The zero-order chi connectivity index (χ0) is 12.3. The van der Waals surface area contributed by atoms with Gasteiger partial charge in [0.2, 0.25) is 0 Å². The fourth-order valence-corrected chi connectivity index (χ4v) is 1.94. The van der Waals surface area contributed by atoms with Gasteiger partial charge in [-0.25, -0.2) is 9.78 Å². The Bertz CT molecular complexity index is 561. The summed E-state index contributed by atoms with van der Waals surface area (Å²) >= 11 is 1.22. The zero-order valence-electron chi connectivity index (χ0n) is 8.83. The molecule has 86 valence electrons. The number of benzene rings is 1. The van der Waals surface area contributed by atoms with E-state index in [-0.39, 0.29) is 5.57 Å². The molecule has 0 amide bonds. The van der Waals surface area contributed by atoms with Crippen LogP contribution in [0.4, 0.5) is 5.13 Å². The molecule has 5 heteroatoms. The number of hydrogen-bond donors (Lipinski definition) is 2. The summed E-state index contributed by atoms with van der Waals surface area (Å²) in [5, 5.41) is 11.2. The Kier molecular flexibility index (Phi) is 3.20. The van der Waals surface area contributed by atoms with Crippen LogP contribution < -0.4 is 5.73 Å². The lowest BCUT2D eigenvalue weighted by Crippen LogP contribution is -2.00. The Balaban J connectivity index is 2.43. The number of nitrogen functional groups attached to an aromatic ring is 1. The van der Waals surface area contributed by atoms with Gasteiger partial charge in [-0.3, -0.25) is 0 Å². The van der Waals surface area contributed by atoms with E-state index in [4.69, 9.17) is 10.8 Å². The van der Waals surface area contributed by atoms with Gasteiger partial charge in [-0.05, 0) is 11.6 Å². The Morgan fingerprint density at radius 3 is 2.59 bits per heavy atom. The lowest BCUT2D eigenvalue weighted by atomic mass is 10.1. The Labute approximate surface area is 102 Å². The summed E-state index contributed by atoms with van der Waals surface area (Å²) in [6.45, 7) is 0. The number of nitrogens with two attached hydrogens (primary N) is 1. The molecular formula is C12H10N2O2S. The molecule has 0 aliphatic heterocycles. The van der Waals surface area contributed by atoms with Crippen LogP contribution in [0.1, 0.15) is 11.3 Å². The van der Waals surface area contributed by atoms with Crippen molar-refractivity contribution in [3.8, 4) is 0 Å². The normalized spacial score (nSPS) is 11.4. The number of hydrogen-bond acceptors (Lipinski definition) is 4. The Morgan fingerprint density at radius 2 is 2.06 bits per heavy atom. The first kappa shape index (κ1) is 11.3. The predicted molar refractivity (Wildman–Crippen MR) is 68.5 cm³/mol. The molecule has 4 nitrogen and oxygen atoms in total. The molecule has 0 atom stereocenters. The average Bonchev–Trinajstić information content (AvgIpc) is 2.73. The van der Waals surface area contributed by atoms with Crippen molar-refractivity contribution in [3.63, 3.8) is 0 Å². The minimum Gasteiger partial charge on any atom is -0.478 e. The van der Waals surface area contributed by atoms with Crippen molar-refractivity contribution in [1.29, 1.82) is 0 Å². The van der Waals surface area contributed by atoms with E-state index < -0.39 is 5.97 Å². The van der Waals surface area contributed by atoms with Crippen molar-refractivity contribution in [1.82, 2.24) is 4.98 Å². The van der Waals surface area contributed by atoms with Gasteiger partial charge >= 0.3 is 5.97 Å². The minimum atomic E-state index is -1.01. The predicted octanol–water partition coefficient (Wildman–Crippen LogP) is 2.35. The highest BCUT2D eigenvalue weighted by Crippen LogP contribution is 2.21. The fraction of sp³-hybridized carbons (Fsp3) is 0. The third kappa shape index (κ3) is 2.70. The summed E-state index contributed by atoms with van der Waals surface area (Å²) < 4.78 is 0. The van der Waals surface area contributed by atoms with Crippen LogP contribution in [0.5, 0.6) is 0 Å². The van der Waals surface area contributed by atoms with Gasteiger partial charge in [0.05, 0.1) is 11.3 Å². The summed E-state index contributed by atoms with van der Waals surface area (Å²) in [7, 11) is 0. The highest BCUT2D eigenvalue weighted by atomic mass is 32.1. The van der Waals surface area contributed by atoms with E-state index in [2.05, 4.69) is 4.98 Å². The van der Waals surface area contributed by atoms with Gasteiger partial charge in [0.1, 0.15) is 0 Å². The van der Waals surface area contributed by atoms with Crippen LogP contribution in [-0.4, -0.2) is 16.1 Å². The van der Waals surface area contributed by atoms with Crippen LogP contribution in [0.3, 0.4) is 0 Å². The first-order valence-corrected chi connectivity index (χ1v) is 5.76. The molecule has 1 aromatic carbocycles. The van der Waals surface area contributed by atoms with Crippen LogP contribution in [0, 0.1) is 0 Å². The van der Waals surface area contributed by atoms with E-state index in [1.165, 1.54) is 11.3 Å². The van der Waals surface area contributed by atoms with Crippen molar-refractivity contribution < 1.29 is 9.90 Å². The second kappa shape index (κ2) is 4.80. The largest absolute Gasteiger partial charge is 0.478 e. The molecule has 3 N–H and O–H groups in total. The number of carbonyl (C=O) groups is 1. The summed E-state index contributed by atoms with van der Waals surface area (Å²) in [4.78, 5) is 15.1. The van der Waals surface area contributed by atoms with Crippen molar-refractivity contribution in [2.45, 2.75) is 0 Å². The van der Waals surface area contributed by atoms with Gasteiger partial charge < -0.3 is 10.8 Å². The highest BCUT2D eigenvalue weighted by molar-refractivity contribution is 7.13. The number of rotatable bonds is 3. The van der Waals surface area contributed by atoms with E-state index in [0.717, 1.165) is 5.56 Å². The van der Waals surface area contributed by atoms with Crippen LogP contribution in [-0.2, 0) is 4.79 Å². The monoisotopic (exact) mass is 246 g/mol. The Hall–Kier alpha value is -2.14. The summed E-state index contributed by atoms with van der Waals surface area (Å²) in [5.41, 5.74) is 6.85. The van der Waals surface area contributed by atoms with Crippen molar-refractivity contribution in [3.05, 3.63) is 47.0 Å².